The van der Waals surface area contributed by atoms with Crippen molar-refractivity contribution in [2.75, 3.05) is 31.8 Å². The lowest BCUT2D eigenvalue weighted by Crippen LogP contribution is -2.39. The van der Waals surface area contributed by atoms with Crippen molar-refractivity contribution >= 4 is 32.8 Å². The number of nitrogen functional groups attached to an aromatic ring is 1. The van der Waals surface area contributed by atoms with E-state index in [1.807, 2.05) is 6.92 Å². The van der Waals surface area contributed by atoms with Crippen LogP contribution in [0.2, 0.25) is 0 Å². The van der Waals surface area contributed by atoms with Crippen molar-refractivity contribution in [3.05, 3.63) is 12.3 Å². The molecule has 144 valence electrons. The molecule has 0 aliphatic carbocycles. The van der Waals surface area contributed by atoms with E-state index >= 15 is 0 Å². The minimum atomic E-state index is -3.64. The second kappa shape index (κ2) is 7.68. The van der Waals surface area contributed by atoms with E-state index in [0.717, 1.165) is 23.6 Å². The summed E-state index contributed by atoms with van der Waals surface area (Å²) in [7, 11) is -0.745. The van der Waals surface area contributed by atoms with Crippen molar-refractivity contribution in [2.45, 2.75) is 43.5 Å². The Bertz CT molecular complexity index is 887. The van der Waals surface area contributed by atoms with Crippen molar-refractivity contribution in [1.29, 1.82) is 0 Å². The zero-order valence-electron chi connectivity index (χ0n) is 15.5. The van der Waals surface area contributed by atoms with Crippen LogP contribution in [0.1, 0.15) is 33.1 Å². The van der Waals surface area contributed by atoms with E-state index in [0.29, 0.717) is 16.9 Å². The molecule has 0 radical (unpaired) electrons. The lowest BCUT2D eigenvalue weighted by molar-refractivity contribution is 0.212. The molecule has 0 bridgehead atoms. The van der Waals surface area contributed by atoms with Gasteiger partial charge in [0.25, 0.3) is 0 Å². The number of hydrogen-bond donors (Lipinski definition) is 3. The molecule has 2 aromatic heterocycles. The molecular formula is C16H26N6O3S. The number of nitrogens with zero attached hydrogens (tertiary/aromatic N) is 4. The maximum atomic E-state index is 12.3. The largest absolute Gasteiger partial charge is 0.394 e. The lowest BCUT2D eigenvalue weighted by atomic mass is 9.96. The summed E-state index contributed by atoms with van der Waals surface area (Å²) in [5.41, 5.74) is 5.91. The Balaban J connectivity index is 2.52. The van der Waals surface area contributed by atoms with Gasteiger partial charge in [-0.05, 0) is 19.4 Å². The fourth-order valence-electron chi connectivity index (χ4n) is 2.49. The van der Waals surface area contributed by atoms with Gasteiger partial charge in [0.2, 0.25) is 16.0 Å². The summed E-state index contributed by atoms with van der Waals surface area (Å²) in [6.07, 6.45) is 3.93. The average molecular weight is 382 g/mol. The number of pyridine rings is 1. The van der Waals surface area contributed by atoms with Crippen LogP contribution in [0.5, 0.6) is 0 Å². The summed E-state index contributed by atoms with van der Waals surface area (Å²) in [5.74, 6) is 0.367. The molecule has 4 N–H and O–H groups in total. The van der Waals surface area contributed by atoms with Crippen LogP contribution in [-0.4, -0.2) is 59.0 Å². The molecule has 0 aliphatic rings. The second-order valence-electron chi connectivity index (χ2n) is 6.70. The first-order chi connectivity index (χ1) is 12.1. The van der Waals surface area contributed by atoms with Crippen LogP contribution in [0.4, 0.5) is 11.8 Å². The van der Waals surface area contributed by atoms with Gasteiger partial charge in [0.15, 0.2) is 5.82 Å². The van der Waals surface area contributed by atoms with Crippen LogP contribution < -0.4 is 11.1 Å². The standard InChI is InChI=1S/C16H26N6O3S/c1-5-6-7-16(2,10-23)21-14-13-12(19-15(17)20-14)8-11(9-18-13)26(24,25)22(3)4/h8-9,23H,5-7,10H2,1-4H3,(H3,17,19,20,21)/t16-/m1/s1. The highest BCUT2D eigenvalue weighted by atomic mass is 32.2. The Morgan fingerprint density at radius 2 is 2.04 bits per heavy atom. The van der Waals surface area contributed by atoms with Crippen LogP contribution in [0.25, 0.3) is 11.0 Å². The summed E-state index contributed by atoms with van der Waals surface area (Å²) in [6, 6.07) is 1.42. The summed E-state index contributed by atoms with van der Waals surface area (Å²) in [5, 5.41) is 13.0. The fraction of sp³-hybridized carbons (Fsp3) is 0.562. The Labute approximate surface area is 153 Å². The monoisotopic (exact) mass is 382 g/mol. The van der Waals surface area contributed by atoms with E-state index in [4.69, 9.17) is 5.73 Å². The minimum absolute atomic E-state index is 0.00279. The summed E-state index contributed by atoms with van der Waals surface area (Å²) in [4.78, 5) is 12.6. The van der Waals surface area contributed by atoms with Gasteiger partial charge in [0.05, 0.1) is 17.7 Å². The van der Waals surface area contributed by atoms with Gasteiger partial charge in [-0.25, -0.2) is 22.7 Å². The van der Waals surface area contributed by atoms with Crippen molar-refractivity contribution in [2.24, 2.45) is 0 Å². The number of hydrogen-bond acceptors (Lipinski definition) is 8. The first kappa shape index (κ1) is 20.3. The molecule has 2 aromatic rings. The lowest BCUT2D eigenvalue weighted by Gasteiger charge is -2.29. The number of anilines is 2. The van der Waals surface area contributed by atoms with E-state index in [2.05, 4.69) is 27.2 Å². The molecule has 0 aliphatic heterocycles. The highest BCUT2D eigenvalue weighted by Gasteiger charge is 2.25. The average Bonchev–Trinajstić information content (AvgIpc) is 2.59. The van der Waals surface area contributed by atoms with E-state index < -0.39 is 15.6 Å². The number of rotatable bonds is 8. The molecular weight excluding hydrogens is 356 g/mol. The van der Waals surface area contributed by atoms with Gasteiger partial charge >= 0.3 is 0 Å². The molecule has 0 saturated heterocycles. The van der Waals surface area contributed by atoms with Gasteiger partial charge in [-0.2, -0.15) is 4.98 Å². The number of unbranched alkanes of at least 4 members (excludes halogenated alkanes) is 1. The maximum Gasteiger partial charge on any atom is 0.244 e. The molecule has 0 unspecified atom stereocenters. The number of fused-ring (bicyclic) bond motifs is 1. The minimum Gasteiger partial charge on any atom is -0.394 e. The van der Waals surface area contributed by atoms with Crippen LogP contribution in [0.15, 0.2) is 17.2 Å². The van der Waals surface area contributed by atoms with Crippen molar-refractivity contribution in [3.63, 3.8) is 0 Å². The quantitative estimate of drug-likeness (QED) is 0.620. The number of sulfonamides is 1. The maximum absolute atomic E-state index is 12.3. The summed E-state index contributed by atoms with van der Waals surface area (Å²) in [6.45, 7) is 3.87. The number of aromatic nitrogens is 3. The Hall–Kier alpha value is -2.04. The topological polar surface area (TPSA) is 134 Å². The van der Waals surface area contributed by atoms with Gasteiger partial charge in [-0.15, -0.1) is 0 Å². The van der Waals surface area contributed by atoms with Crippen LogP contribution in [-0.2, 0) is 10.0 Å². The van der Waals surface area contributed by atoms with Gasteiger partial charge in [0, 0.05) is 20.3 Å². The normalized spacial score (nSPS) is 14.5. The number of aliphatic hydroxyl groups excluding tert-OH is 1. The molecule has 9 nitrogen and oxygen atoms in total. The molecule has 10 heteroatoms. The Kier molecular flexibility index (Phi) is 5.99. The number of aliphatic hydroxyl groups is 1. The van der Waals surface area contributed by atoms with Crippen LogP contribution >= 0.6 is 0 Å². The first-order valence-corrected chi connectivity index (χ1v) is 9.82. The molecule has 0 saturated carbocycles. The molecule has 0 amide bonds. The van der Waals surface area contributed by atoms with E-state index in [-0.39, 0.29) is 17.5 Å². The van der Waals surface area contributed by atoms with E-state index in [1.165, 1.54) is 26.4 Å². The molecule has 2 rings (SSSR count). The second-order valence-corrected chi connectivity index (χ2v) is 8.86. The molecule has 0 aromatic carbocycles. The molecule has 0 fully saturated rings. The zero-order valence-corrected chi connectivity index (χ0v) is 16.3. The zero-order chi connectivity index (χ0) is 19.5. The fourth-order valence-corrected chi connectivity index (χ4v) is 3.36. The van der Waals surface area contributed by atoms with Gasteiger partial charge in [0.1, 0.15) is 10.4 Å². The number of nitrogens with one attached hydrogen (secondary N) is 1. The number of nitrogens with two attached hydrogens (primary N) is 1. The van der Waals surface area contributed by atoms with E-state index in [1.54, 1.807) is 0 Å². The van der Waals surface area contributed by atoms with Gasteiger partial charge in [-0.3, -0.25) is 0 Å². The SMILES string of the molecule is CCCC[C@](C)(CO)Nc1nc(N)nc2cc(S(=O)(=O)N(C)C)cnc12. The Morgan fingerprint density at radius 3 is 2.62 bits per heavy atom. The molecule has 0 spiro atoms. The molecule has 26 heavy (non-hydrogen) atoms. The van der Waals surface area contributed by atoms with Crippen molar-refractivity contribution in [3.8, 4) is 0 Å². The summed E-state index contributed by atoms with van der Waals surface area (Å²) < 4.78 is 25.7. The highest BCUT2D eigenvalue weighted by molar-refractivity contribution is 7.89. The van der Waals surface area contributed by atoms with Crippen molar-refractivity contribution < 1.29 is 13.5 Å². The van der Waals surface area contributed by atoms with E-state index in [9.17, 15) is 13.5 Å². The van der Waals surface area contributed by atoms with Crippen LogP contribution in [0, 0.1) is 0 Å². The van der Waals surface area contributed by atoms with Gasteiger partial charge in [-0.1, -0.05) is 19.8 Å². The third-order valence-electron chi connectivity index (χ3n) is 4.16. The predicted molar refractivity (Wildman–Crippen MR) is 101 cm³/mol. The third kappa shape index (κ3) is 4.19. The highest BCUT2D eigenvalue weighted by Crippen LogP contribution is 2.26. The predicted octanol–water partition coefficient (Wildman–Crippen LogP) is 1.21. The summed E-state index contributed by atoms with van der Waals surface area (Å²) >= 11 is 0. The smallest absolute Gasteiger partial charge is 0.244 e. The van der Waals surface area contributed by atoms with Gasteiger partial charge < -0.3 is 16.2 Å². The van der Waals surface area contributed by atoms with Crippen LogP contribution in [0.3, 0.4) is 0 Å². The Morgan fingerprint density at radius 1 is 1.35 bits per heavy atom. The molecule has 1 atom stereocenters. The third-order valence-corrected chi connectivity index (χ3v) is 5.94. The first-order valence-electron chi connectivity index (χ1n) is 8.38. The van der Waals surface area contributed by atoms with Crippen molar-refractivity contribution in [1.82, 2.24) is 19.3 Å². The molecule has 2 heterocycles.